The van der Waals surface area contributed by atoms with E-state index in [4.69, 9.17) is 4.42 Å². The van der Waals surface area contributed by atoms with Gasteiger partial charge < -0.3 is 8.98 Å². The summed E-state index contributed by atoms with van der Waals surface area (Å²) in [5.41, 5.74) is 14.9. The minimum absolute atomic E-state index is 0.888. The van der Waals surface area contributed by atoms with E-state index in [-0.39, 0.29) is 0 Å². The molecule has 10 aromatic rings. The molecule has 0 amide bonds. The van der Waals surface area contributed by atoms with Crippen LogP contribution in [0.4, 0.5) is 0 Å². The average molecular weight is 680 g/mol. The zero-order valence-electron chi connectivity index (χ0n) is 29.5. The summed E-state index contributed by atoms with van der Waals surface area (Å²) in [6.07, 6.45) is 1.75. The molecular weight excluding hydrogens is 643 g/mol. The molecule has 0 aliphatic carbocycles. The monoisotopic (exact) mass is 679 g/mol. The van der Waals surface area contributed by atoms with E-state index in [9.17, 15) is 0 Å². The van der Waals surface area contributed by atoms with Crippen molar-refractivity contribution in [3.63, 3.8) is 0 Å². The molecule has 2 aromatic heterocycles. The van der Waals surface area contributed by atoms with Gasteiger partial charge >= 0.3 is 0 Å². The van der Waals surface area contributed by atoms with Gasteiger partial charge in [0.25, 0.3) is 0 Å². The van der Waals surface area contributed by atoms with Crippen molar-refractivity contribution in [2.75, 3.05) is 0 Å². The standard InChI is InChI=1S/C48H31NO.C3H6/c1-3-11-32(12-4-1)34-15-9-16-35(27-34)36-17-10-18-37(28-36)39-22-25-47-43(30-39)44-31-40(23-26-48(44)50-47)49-45-20-8-7-19-41(45)42-29-38(21-24-46(42)49)33-13-5-2-6-14-33;1-3-2/h1-31H;3H,1H2,2H3. The van der Waals surface area contributed by atoms with Crippen LogP contribution in [0.15, 0.2) is 205 Å². The zero-order valence-corrected chi connectivity index (χ0v) is 29.5. The first-order valence-electron chi connectivity index (χ1n) is 18.1. The van der Waals surface area contributed by atoms with Crippen LogP contribution in [0, 0.1) is 0 Å². The number of benzene rings is 8. The fourth-order valence-electron chi connectivity index (χ4n) is 7.53. The summed E-state index contributed by atoms with van der Waals surface area (Å²) in [5.74, 6) is 0. The summed E-state index contributed by atoms with van der Waals surface area (Å²) in [6.45, 7) is 5.25. The molecule has 2 nitrogen and oxygen atoms in total. The summed E-state index contributed by atoms with van der Waals surface area (Å²) < 4.78 is 8.78. The molecular formula is C51H37NO. The largest absolute Gasteiger partial charge is 0.456 e. The SMILES string of the molecule is C=CC.c1ccc(-c2cccc(-c3cccc(-c4ccc5oc6ccc(-n7c8ccccc8c8cc(-c9ccccc9)ccc87)cc6c5c4)c3)c2)cc1. The van der Waals surface area contributed by atoms with Crippen molar-refractivity contribution >= 4 is 43.7 Å². The molecule has 0 saturated carbocycles. The van der Waals surface area contributed by atoms with Crippen molar-refractivity contribution in [3.8, 4) is 50.2 Å². The van der Waals surface area contributed by atoms with E-state index in [1.165, 1.54) is 60.8 Å². The Kier molecular flexibility index (Phi) is 8.26. The average Bonchev–Trinajstić information content (AvgIpc) is 3.76. The Bertz CT molecular complexity index is 2910. The normalized spacial score (nSPS) is 11.2. The minimum Gasteiger partial charge on any atom is -0.456 e. The second-order valence-electron chi connectivity index (χ2n) is 13.4. The van der Waals surface area contributed by atoms with E-state index in [2.05, 4.69) is 199 Å². The highest BCUT2D eigenvalue weighted by molar-refractivity contribution is 6.12. The maximum atomic E-state index is 6.39. The Balaban J connectivity index is 0.00000120. The molecule has 10 rings (SSSR count). The van der Waals surface area contributed by atoms with Gasteiger partial charge in [0.15, 0.2) is 0 Å². The van der Waals surface area contributed by atoms with Gasteiger partial charge in [0.05, 0.1) is 11.0 Å². The number of hydrogen-bond acceptors (Lipinski definition) is 1. The van der Waals surface area contributed by atoms with Crippen LogP contribution in [0.5, 0.6) is 0 Å². The predicted octanol–water partition coefficient (Wildman–Crippen LogP) is 14.5. The van der Waals surface area contributed by atoms with Crippen LogP contribution in [0.2, 0.25) is 0 Å². The number of para-hydroxylation sites is 1. The first kappa shape index (κ1) is 32.0. The summed E-state index contributed by atoms with van der Waals surface area (Å²) in [4.78, 5) is 0. The van der Waals surface area contributed by atoms with Crippen LogP contribution in [-0.4, -0.2) is 4.57 Å². The molecule has 2 heteroatoms. The highest BCUT2D eigenvalue weighted by Crippen LogP contribution is 2.39. The molecule has 0 aliphatic heterocycles. The molecule has 0 spiro atoms. The van der Waals surface area contributed by atoms with Crippen LogP contribution < -0.4 is 0 Å². The van der Waals surface area contributed by atoms with E-state index in [0.29, 0.717) is 0 Å². The minimum atomic E-state index is 0.888. The number of nitrogens with zero attached hydrogens (tertiary/aromatic N) is 1. The molecule has 2 heterocycles. The summed E-state index contributed by atoms with van der Waals surface area (Å²) >= 11 is 0. The number of furan rings is 1. The molecule has 0 atom stereocenters. The fraction of sp³-hybridized carbons (Fsp3) is 0.0196. The molecule has 0 N–H and O–H groups in total. The highest BCUT2D eigenvalue weighted by Gasteiger charge is 2.16. The summed E-state index contributed by atoms with van der Waals surface area (Å²) in [5, 5.41) is 4.71. The quantitative estimate of drug-likeness (QED) is 0.166. The van der Waals surface area contributed by atoms with Gasteiger partial charge in [0.2, 0.25) is 0 Å². The second kappa shape index (κ2) is 13.7. The predicted molar refractivity (Wildman–Crippen MR) is 226 cm³/mol. The van der Waals surface area contributed by atoms with E-state index in [1.54, 1.807) is 6.08 Å². The molecule has 0 fully saturated rings. The van der Waals surface area contributed by atoms with Crippen LogP contribution in [0.25, 0.3) is 93.9 Å². The van der Waals surface area contributed by atoms with Gasteiger partial charge in [0, 0.05) is 27.2 Å². The summed E-state index contributed by atoms with van der Waals surface area (Å²) in [6, 6.07) is 67.4. The molecule has 0 aliphatic rings. The van der Waals surface area contributed by atoms with Crippen LogP contribution in [-0.2, 0) is 0 Å². The number of hydrogen-bond donors (Lipinski definition) is 0. The van der Waals surface area contributed by atoms with Crippen LogP contribution in [0.3, 0.4) is 0 Å². The van der Waals surface area contributed by atoms with E-state index < -0.39 is 0 Å². The van der Waals surface area contributed by atoms with Crippen molar-refractivity contribution in [3.05, 3.63) is 201 Å². The third-order valence-corrected chi connectivity index (χ3v) is 9.99. The van der Waals surface area contributed by atoms with Gasteiger partial charge in [0.1, 0.15) is 11.2 Å². The molecule has 0 bridgehead atoms. The van der Waals surface area contributed by atoms with Gasteiger partial charge in [-0.15, -0.1) is 6.58 Å². The van der Waals surface area contributed by atoms with Crippen molar-refractivity contribution in [2.45, 2.75) is 6.92 Å². The Morgan fingerprint density at radius 3 is 1.45 bits per heavy atom. The lowest BCUT2D eigenvalue weighted by atomic mass is 9.96. The third-order valence-electron chi connectivity index (χ3n) is 9.99. The Morgan fingerprint density at radius 1 is 0.377 bits per heavy atom. The number of fused-ring (bicyclic) bond motifs is 6. The lowest BCUT2D eigenvalue weighted by Crippen LogP contribution is -1.93. The topological polar surface area (TPSA) is 18.1 Å². The van der Waals surface area contributed by atoms with Crippen LogP contribution in [0.1, 0.15) is 6.92 Å². The maximum absolute atomic E-state index is 6.39. The molecule has 8 aromatic carbocycles. The van der Waals surface area contributed by atoms with E-state index >= 15 is 0 Å². The number of allylic oxidation sites excluding steroid dienone is 1. The molecule has 0 radical (unpaired) electrons. The van der Waals surface area contributed by atoms with Crippen molar-refractivity contribution in [2.24, 2.45) is 0 Å². The van der Waals surface area contributed by atoms with Crippen molar-refractivity contribution < 1.29 is 4.42 Å². The Morgan fingerprint density at radius 2 is 0.811 bits per heavy atom. The second-order valence-corrected chi connectivity index (χ2v) is 13.4. The van der Waals surface area contributed by atoms with E-state index in [1.807, 2.05) is 6.92 Å². The molecule has 252 valence electrons. The van der Waals surface area contributed by atoms with Crippen molar-refractivity contribution in [1.82, 2.24) is 4.57 Å². The zero-order chi connectivity index (χ0) is 35.7. The Hall–Kier alpha value is -6.90. The van der Waals surface area contributed by atoms with E-state index in [0.717, 1.165) is 33.2 Å². The molecule has 53 heavy (non-hydrogen) atoms. The third kappa shape index (κ3) is 5.91. The number of aromatic nitrogens is 1. The lowest BCUT2D eigenvalue weighted by molar-refractivity contribution is 0.669. The highest BCUT2D eigenvalue weighted by atomic mass is 16.3. The smallest absolute Gasteiger partial charge is 0.135 e. The first-order valence-corrected chi connectivity index (χ1v) is 18.1. The van der Waals surface area contributed by atoms with Gasteiger partial charge in [-0.3, -0.25) is 0 Å². The lowest BCUT2D eigenvalue weighted by Gasteiger charge is -2.09. The summed E-state index contributed by atoms with van der Waals surface area (Å²) in [7, 11) is 0. The fourth-order valence-corrected chi connectivity index (χ4v) is 7.53. The maximum Gasteiger partial charge on any atom is 0.135 e. The molecule has 0 saturated heterocycles. The molecule has 0 unspecified atom stereocenters. The number of rotatable bonds is 5. The van der Waals surface area contributed by atoms with Crippen molar-refractivity contribution in [1.29, 1.82) is 0 Å². The van der Waals surface area contributed by atoms with Gasteiger partial charge in [-0.2, -0.15) is 0 Å². The van der Waals surface area contributed by atoms with Gasteiger partial charge in [-0.05, 0) is 112 Å². The van der Waals surface area contributed by atoms with Gasteiger partial charge in [-0.1, -0.05) is 133 Å². The van der Waals surface area contributed by atoms with Gasteiger partial charge in [-0.25, -0.2) is 0 Å². The Labute approximate surface area is 309 Å². The van der Waals surface area contributed by atoms with Crippen LogP contribution >= 0.6 is 0 Å². The first-order chi connectivity index (χ1) is 26.2.